The van der Waals surface area contributed by atoms with E-state index < -0.39 is 0 Å². The van der Waals surface area contributed by atoms with Crippen LogP contribution < -0.4 is 9.47 Å². The van der Waals surface area contributed by atoms with E-state index in [1.807, 2.05) is 22.8 Å². The Labute approximate surface area is 116 Å². The third-order valence-electron chi connectivity index (χ3n) is 2.98. The molecule has 6 heteroatoms. The lowest BCUT2D eigenvalue weighted by Crippen LogP contribution is -2.02. The van der Waals surface area contributed by atoms with Gasteiger partial charge >= 0.3 is 6.01 Å². The fourth-order valence-electron chi connectivity index (χ4n) is 2.03. The zero-order valence-corrected chi connectivity index (χ0v) is 11.3. The van der Waals surface area contributed by atoms with Crippen LogP contribution in [0.25, 0.3) is 11.2 Å². The lowest BCUT2D eigenvalue weighted by atomic mass is 10.2. The summed E-state index contributed by atoms with van der Waals surface area (Å²) in [4.78, 5) is 12.8. The molecule has 0 atom stereocenters. The average Bonchev–Trinajstić information content (AvgIpc) is 2.90. The smallest absolute Gasteiger partial charge is 0.321 e. The molecule has 0 N–H and O–H groups in total. The van der Waals surface area contributed by atoms with Crippen LogP contribution in [0.4, 0.5) is 0 Å². The maximum Gasteiger partial charge on any atom is 0.321 e. The third kappa shape index (κ3) is 2.16. The van der Waals surface area contributed by atoms with Crippen molar-refractivity contribution >= 4 is 11.2 Å². The van der Waals surface area contributed by atoms with Crippen LogP contribution in [0.15, 0.2) is 36.7 Å². The molecule has 2 heterocycles. The van der Waals surface area contributed by atoms with Gasteiger partial charge in [-0.25, -0.2) is 4.98 Å². The summed E-state index contributed by atoms with van der Waals surface area (Å²) in [5.74, 6) is 0.415. The predicted molar refractivity (Wildman–Crippen MR) is 74.0 cm³/mol. The van der Waals surface area contributed by atoms with E-state index in [2.05, 4.69) is 27.1 Å². The molecule has 6 nitrogen and oxygen atoms in total. The van der Waals surface area contributed by atoms with Crippen molar-refractivity contribution in [2.75, 3.05) is 14.2 Å². The SMILES string of the molecule is COc1nc(OC)c2ncn(Cc3ccccc3)c2n1. The number of fused-ring (bicyclic) bond motifs is 1. The minimum atomic E-state index is 0.268. The molecule has 3 rings (SSSR count). The quantitative estimate of drug-likeness (QED) is 0.724. The molecule has 0 spiro atoms. The van der Waals surface area contributed by atoms with Gasteiger partial charge in [-0.3, -0.25) is 0 Å². The number of imidazole rings is 1. The molecule has 0 saturated heterocycles. The maximum atomic E-state index is 5.23. The van der Waals surface area contributed by atoms with Crippen LogP contribution in [0.1, 0.15) is 5.56 Å². The van der Waals surface area contributed by atoms with E-state index in [0.29, 0.717) is 23.6 Å². The summed E-state index contributed by atoms with van der Waals surface area (Å²) >= 11 is 0. The highest BCUT2D eigenvalue weighted by atomic mass is 16.5. The fourth-order valence-corrected chi connectivity index (χ4v) is 2.03. The van der Waals surface area contributed by atoms with E-state index in [9.17, 15) is 0 Å². The Morgan fingerprint density at radius 2 is 1.85 bits per heavy atom. The van der Waals surface area contributed by atoms with Gasteiger partial charge in [0.05, 0.1) is 27.1 Å². The lowest BCUT2D eigenvalue weighted by Gasteiger charge is -2.06. The second-order valence-electron chi connectivity index (χ2n) is 4.25. The van der Waals surface area contributed by atoms with Crippen molar-refractivity contribution in [2.24, 2.45) is 0 Å². The zero-order valence-electron chi connectivity index (χ0n) is 11.3. The van der Waals surface area contributed by atoms with Crippen molar-refractivity contribution in [3.63, 3.8) is 0 Å². The van der Waals surface area contributed by atoms with E-state index in [1.54, 1.807) is 13.4 Å². The Bertz CT molecular complexity index is 725. The Morgan fingerprint density at radius 3 is 2.55 bits per heavy atom. The van der Waals surface area contributed by atoms with Crippen LogP contribution >= 0.6 is 0 Å². The number of nitrogens with zero attached hydrogens (tertiary/aromatic N) is 4. The van der Waals surface area contributed by atoms with Gasteiger partial charge in [-0.05, 0) is 5.56 Å². The summed E-state index contributed by atoms with van der Waals surface area (Å²) < 4.78 is 12.3. The van der Waals surface area contributed by atoms with Gasteiger partial charge in [0.25, 0.3) is 0 Å². The zero-order chi connectivity index (χ0) is 13.9. The van der Waals surface area contributed by atoms with E-state index in [1.165, 1.54) is 12.7 Å². The monoisotopic (exact) mass is 270 g/mol. The van der Waals surface area contributed by atoms with Crippen molar-refractivity contribution in [3.8, 4) is 11.9 Å². The van der Waals surface area contributed by atoms with Crippen molar-refractivity contribution in [2.45, 2.75) is 6.54 Å². The van der Waals surface area contributed by atoms with Crippen molar-refractivity contribution in [1.82, 2.24) is 19.5 Å². The molecule has 3 aromatic rings. The molecule has 0 aliphatic heterocycles. The maximum absolute atomic E-state index is 5.23. The molecule has 0 aliphatic rings. The van der Waals surface area contributed by atoms with E-state index >= 15 is 0 Å². The Balaban J connectivity index is 2.08. The van der Waals surface area contributed by atoms with Crippen LogP contribution in [0.5, 0.6) is 11.9 Å². The summed E-state index contributed by atoms with van der Waals surface area (Å²) in [5.41, 5.74) is 2.49. The molecule has 0 bridgehead atoms. The molecule has 2 aromatic heterocycles. The molecule has 0 saturated carbocycles. The van der Waals surface area contributed by atoms with Crippen molar-refractivity contribution < 1.29 is 9.47 Å². The van der Waals surface area contributed by atoms with Gasteiger partial charge in [-0.15, -0.1) is 0 Å². The number of hydrogen-bond donors (Lipinski definition) is 0. The Hall–Kier alpha value is -2.63. The van der Waals surface area contributed by atoms with Crippen LogP contribution in [-0.2, 0) is 6.54 Å². The number of aromatic nitrogens is 4. The first kappa shape index (κ1) is 12.4. The molecule has 0 unspecified atom stereocenters. The molecule has 102 valence electrons. The second kappa shape index (κ2) is 5.16. The first-order valence-electron chi connectivity index (χ1n) is 6.16. The molecule has 0 radical (unpaired) electrons. The molecule has 0 aliphatic carbocycles. The predicted octanol–water partition coefficient (Wildman–Crippen LogP) is 1.89. The van der Waals surface area contributed by atoms with Gasteiger partial charge in [0.15, 0.2) is 11.2 Å². The van der Waals surface area contributed by atoms with E-state index in [4.69, 9.17) is 9.47 Å². The van der Waals surface area contributed by atoms with Gasteiger partial charge in [0, 0.05) is 0 Å². The summed E-state index contributed by atoms with van der Waals surface area (Å²) in [6.45, 7) is 0.681. The highest BCUT2D eigenvalue weighted by Crippen LogP contribution is 2.23. The van der Waals surface area contributed by atoms with Crippen molar-refractivity contribution in [1.29, 1.82) is 0 Å². The van der Waals surface area contributed by atoms with Gasteiger partial charge in [0.1, 0.15) is 0 Å². The highest BCUT2D eigenvalue weighted by Gasteiger charge is 2.14. The van der Waals surface area contributed by atoms with Gasteiger partial charge < -0.3 is 14.0 Å². The fraction of sp³-hybridized carbons (Fsp3) is 0.214. The minimum absolute atomic E-state index is 0.268. The largest absolute Gasteiger partial charge is 0.479 e. The molecular formula is C14H14N4O2. The van der Waals surface area contributed by atoms with Gasteiger partial charge in [0.2, 0.25) is 5.88 Å². The number of ether oxygens (including phenoxy) is 2. The Morgan fingerprint density at radius 1 is 1.05 bits per heavy atom. The van der Waals surface area contributed by atoms with Crippen molar-refractivity contribution in [3.05, 3.63) is 42.2 Å². The second-order valence-corrected chi connectivity index (χ2v) is 4.25. The number of benzene rings is 1. The lowest BCUT2D eigenvalue weighted by molar-refractivity contribution is 0.356. The van der Waals surface area contributed by atoms with Gasteiger partial charge in [-0.1, -0.05) is 30.3 Å². The van der Waals surface area contributed by atoms with Gasteiger partial charge in [-0.2, -0.15) is 9.97 Å². The number of methoxy groups -OCH3 is 2. The molecule has 1 aromatic carbocycles. The summed E-state index contributed by atoms with van der Waals surface area (Å²) in [7, 11) is 3.08. The molecule has 0 fully saturated rings. The minimum Gasteiger partial charge on any atom is -0.479 e. The number of rotatable bonds is 4. The summed E-state index contributed by atoms with van der Waals surface area (Å²) in [6.07, 6.45) is 1.73. The van der Waals surface area contributed by atoms with E-state index in [-0.39, 0.29) is 6.01 Å². The van der Waals surface area contributed by atoms with Crippen LogP contribution in [0, 0.1) is 0 Å². The molecular weight excluding hydrogens is 256 g/mol. The number of hydrogen-bond acceptors (Lipinski definition) is 5. The Kier molecular flexibility index (Phi) is 3.20. The van der Waals surface area contributed by atoms with Crippen LogP contribution in [0.2, 0.25) is 0 Å². The molecule has 20 heavy (non-hydrogen) atoms. The molecule has 0 amide bonds. The first-order chi connectivity index (χ1) is 9.81. The first-order valence-corrected chi connectivity index (χ1v) is 6.16. The standard InChI is InChI=1S/C14H14N4O2/c1-19-13-11-12(16-14(17-13)20-2)18(9-15-11)8-10-6-4-3-5-7-10/h3-7,9H,8H2,1-2H3. The van der Waals surface area contributed by atoms with E-state index in [0.717, 1.165) is 0 Å². The summed E-state index contributed by atoms with van der Waals surface area (Å²) in [6, 6.07) is 10.4. The highest BCUT2D eigenvalue weighted by molar-refractivity contribution is 5.76. The van der Waals surface area contributed by atoms with Crippen LogP contribution in [0.3, 0.4) is 0 Å². The normalized spacial score (nSPS) is 10.7. The third-order valence-corrected chi connectivity index (χ3v) is 2.98. The van der Waals surface area contributed by atoms with Crippen LogP contribution in [-0.4, -0.2) is 33.7 Å². The average molecular weight is 270 g/mol. The summed E-state index contributed by atoms with van der Waals surface area (Å²) in [5, 5.41) is 0. The topological polar surface area (TPSA) is 62.1 Å².